The minimum atomic E-state index is -0.0119. The second-order valence-electron chi connectivity index (χ2n) is 3.73. The Labute approximate surface area is 116 Å². The van der Waals surface area contributed by atoms with Crippen molar-refractivity contribution in [2.75, 3.05) is 18.1 Å². The van der Waals surface area contributed by atoms with Gasteiger partial charge in [0, 0.05) is 12.1 Å². The highest BCUT2D eigenvalue weighted by Gasteiger charge is 2.04. The Morgan fingerprint density at radius 2 is 1.94 bits per heavy atom. The lowest BCUT2D eigenvalue weighted by atomic mass is 10.2. The first-order chi connectivity index (χ1) is 8.27. The van der Waals surface area contributed by atoms with Crippen LogP contribution in [0.5, 0.6) is 5.75 Å². The second kappa shape index (κ2) is 8.33. The van der Waals surface area contributed by atoms with Gasteiger partial charge >= 0.3 is 0 Å². The van der Waals surface area contributed by atoms with Gasteiger partial charge in [0.15, 0.2) is 0 Å². The van der Waals surface area contributed by atoms with Crippen LogP contribution < -0.4 is 10.1 Å². The van der Waals surface area contributed by atoms with Gasteiger partial charge in [-0.25, -0.2) is 0 Å². The molecular formula is C13H18INO2. The van der Waals surface area contributed by atoms with Crippen LogP contribution in [-0.2, 0) is 0 Å². The zero-order valence-corrected chi connectivity index (χ0v) is 12.2. The molecule has 1 rings (SSSR count). The molecule has 0 heterocycles. The molecule has 0 fully saturated rings. The summed E-state index contributed by atoms with van der Waals surface area (Å²) >= 11 is 2.37. The van der Waals surface area contributed by atoms with Gasteiger partial charge in [0.25, 0.3) is 5.91 Å². The van der Waals surface area contributed by atoms with Crippen molar-refractivity contribution in [2.45, 2.75) is 19.3 Å². The van der Waals surface area contributed by atoms with E-state index >= 15 is 0 Å². The van der Waals surface area contributed by atoms with Gasteiger partial charge in [-0.2, -0.15) is 0 Å². The molecule has 0 aromatic heterocycles. The van der Waals surface area contributed by atoms with Gasteiger partial charge in [-0.15, -0.1) is 0 Å². The van der Waals surface area contributed by atoms with Crippen LogP contribution in [0.1, 0.15) is 29.6 Å². The normalized spacial score (nSPS) is 10.0. The summed E-state index contributed by atoms with van der Waals surface area (Å²) in [6, 6.07) is 7.15. The lowest BCUT2D eigenvalue weighted by Gasteiger charge is -2.05. The lowest BCUT2D eigenvalue weighted by Crippen LogP contribution is -2.24. The van der Waals surface area contributed by atoms with Crippen molar-refractivity contribution in [1.82, 2.24) is 5.32 Å². The molecular weight excluding hydrogens is 329 g/mol. The summed E-state index contributed by atoms with van der Waals surface area (Å²) in [7, 11) is 1.61. The monoisotopic (exact) mass is 347 g/mol. The number of nitrogens with one attached hydrogen (secondary N) is 1. The molecule has 3 nitrogen and oxygen atoms in total. The molecule has 1 N–H and O–H groups in total. The molecule has 4 heteroatoms. The third kappa shape index (κ3) is 5.39. The van der Waals surface area contributed by atoms with E-state index in [4.69, 9.17) is 4.74 Å². The molecule has 0 saturated heterocycles. The Bertz CT molecular complexity index is 338. The van der Waals surface area contributed by atoms with E-state index in [0.29, 0.717) is 5.56 Å². The quantitative estimate of drug-likeness (QED) is 0.468. The molecule has 0 aliphatic rings. The summed E-state index contributed by atoms with van der Waals surface area (Å²) in [5.74, 6) is 0.755. The largest absolute Gasteiger partial charge is 0.497 e. The first-order valence-electron chi connectivity index (χ1n) is 5.76. The molecule has 1 amide bonds. The fraction of sp³-hybridized carbons (Fsp3) is 0.462. The van der Waals surface area contributed by atoms with E-state index in [1.807, 2.05) is 0 Å². The third-order valence-electron chi connectivity index (χ3n) is 2.45. The molecule has 94 valence electrons. The van der Waals surface area contributed by atoms with Gasteiger partial charge < -0.3 is 10.1 Å². The standard InChI is InChI=1S/C13H18INO2/c1-17-12-7-5-11(6-8-12)13(16)15-10-4-2-3-9-14/h5-8H,2-4,9-10H2,1H3,(H,15,16). The minimum absolute atomic E-state index is 0.0119. The number of hydrogen-bond acceptors (Lipinski definition) is 2. The number of unbranched alkanes of at least 4 members (excludes halogenated alkanes) is 2. The maximum absolute atomic E-state index is 11.7. The molecule has 1 aromatic rings. The summed E-state index contributed by atoms with van der Waals surface area (Å²) < 4.78 is 6.23. The van der Waals surface area contributed by atoms with Crippen LogP contribution in [0.3, 0.4) is 0 Å². The van der Waals surface area contributed by atoms with Crippen molar-refractivity contribution in [3.05, 3.63) is 29.8 Å². The molecule has 0 bridgehead atoms. The van der Waals surface area contributed by atoms with Gasteiger partial charge in [0.1, 0.15) is 5.75 Å². The Kier molecular flexibility index (Phi) is 7.00. The molecule has 0 unspecified atom stereocenters. The van der Waals surface area contributed by atoms with Crippen LogP contribution in [0.2, 0.25) is 0 Å². The SMILES string of the molecule is COc1ccc(C(=O)NCCCCCI)cc1. The van der Waals surface area contributed by atoms with Crippen molar-refractivity contribution >= 4 is 28.5 Å². The number of benzene rings is 1. The Morgan fingerprint density at radius 1 is 1.24 bits per heavy atom. The number of alkyl halides is 1. The number of carbonyl (C=O) groups excluding carboxylic acids is 1. The van der Waals surface area contributed by atoms with Gasteiger partial charge in [0.05, 0.1) is 7.11 Å². The first-order valence-corrected chi connectivity index (χ1v) is 7.28. The molecule has 0 saturated carbocycles. The number of rotatable bonds is 7. The topological polar surface area (TPSA) is 38.3 Å². The van der Waals surface area contributed by atoms with Crippen LogP contribution in [-0.4, -0.2) is 24.0 Å². The molecule has 0 aliphatic carbocycles. The number of amides is 1. The fourth-order valence-electron chi connectivity index (χ4n) is 1.44. The average molecular weight is 347 g/mol. The summed E-state index contributed by atoms with van der Waals surface area (Å²) in [6.07, 6.45) is 3.44. The highest BCUT2D eigenvalue weighted by atomic mass is 127. The number of ether oxygens (including phenoxy) is 1. The average Bonchev–Trinajstić information content (AvgIpc) is 2.38. The molecule has 17 heavy (non-hydrogen) atoms. The Morgan fingerprint density at radius 3 is 2.53 bits per heavy atom. The molecule has 0 radical (unpaired) electrons. The summed E-state index contributed by atoms with van der Waals surface area (Å²) in [5.41, 5.74) is 0.680. The smallest absolute Gasteiger partial charge is 0.251 e. The van der Waals surface area contributed by atoms with E-state index in [1.165, 1.54) is 17.3 Å². The van der Waals surface area contributed by atoms with Gasteiger partial charge in [0.2, 0.25) is 0 Å². The van der Waals surface area contributed by atoms with E-state index in [2.05, 4.69) is 27.9 Å². The van der Waals surface area contributed by atoms with Crippen molar-refractivity contribution in [3.63, 3.8) is 0 Å². The Balaban J connectivity index is 2.31. The molecule has 0 atom stereocenters. The van der Waals surface area contributed by atoms with E-state index in [0.717, 1.165) is 18.7 Å². The minimum Gasteiger partial charge on any atom is -0.497 e. The summed E-state index contributed by atoms with van der Waals surface area (Å²) in [4.78, 5) is 11.7. The van der Waals surface area contributed by atoms with Crippen molar-refractivity contribution < 1.29 is 9.53 Å². The van der Waals surface area contributed by atoms with Crippen molar-refractivity contribution in [1.29, 1.82) is 0 Å². The Hall–Kier alpha value is -0.780. The van der Waals surface area contributed by atoms with Crippen LogP contribution in [0.4, 0.5) is 0 Å². The molecule has 1 aromatic carbocycles. The first kappa shape index (κ1) is 14.3. The maximum atomic E-state index is 11.7. The van der Waals surface area contributed by atoms with E-state index < -0.39 is 0 Å². The van der Waals surface area contributed by atoms with Gasteiger partial charge in [-0.3, -0.25) is 4.79 Å². The van der Waals surface area contributed by atoms with Crippen LogP contribution in [0.25, 0.3) is 0 Å². The second-order valence-corrected chi connectivity index (χ2v) is 4.81. The van der Waals surface area contributed by atoms with E-state index in [-0.39, 0.29) is 5.91 Å². The zero-order chi connectivity index (χ0) is 12.5. The number of carbonyl (C=O) groups is 1. The number of halogens is 1. The van der Waals surface area contributed by atoms with Crippen molar-refractivity contribution in [3.8, 4) is 5.75 Å². The fourth-order valence-corrected chi connectivity index (χ4v) is 1.98. The number of hydrogen-bond donors (Lipinski definition) is 1. The number of methoxy groups -OCH3 is 1. The highest BCUT2D eigenvalue weighted by molar-refractivity contribution is 14.1. The van der Waals surface area contributed by atoms with Crippen molar-refractivity contribution in [2.24, 2.45) is 0 Å². The summed E-state index contributed by atoms with van der Waals surface area (Å²) in [5, 5.41) is 2.91. The van der Waals surface area contributed by atoms with Crippen LogP contribution >= 0.6 is 22.6 Å². The predicted octanol–water partition coefficient (Wildman–Crippen LogP) is 3.03. The predicted molar refractivity (Wildman–Crippen MR) is 78.1 cm³/mol. The van der Waals surface area contributed by atoms with Crippen LogP contribution in [0, 0.1) is 0 Å². The molecule has 0 spiro atoms. The third-order valence-corrected chi connectivity index (χ3v) is 3.21. The lowest BCUT2D eigenvalue weighted by molar-refractivity contribution is 0.0953. The summed E-state index contributed by atoms with van der Waals surface area (Å²) in [6.45, 7) is 0.751. The highest BCUT2D eigenvalue weighted by Crippen LogP contribution is 2.11. The van der Waals surface area contributed by atoms with E-state index in [9.17, 15) is 4.79 Å². The van der Waals surface area contributed by atoms with Gasteiger partial charge in [-0.1, -0.05) is 29.0 Å². The molecule has 0 aliphatic heterocycles. The van der Waals surface area contributed by atoms with Crippen LogP contribution in [0.15, 0.2) is 24.3 Å². The zero-order valence-electron chi connectivity index (χ0n) is 10.0. The maximum Gasteiger partial charge on any atom is 0.251 e. The van der Waals surface area contributed by atoms with Gasteiger partial charge in [-0.05, 0) is 41.5 Å². The van der Waals surface area contributed by atoms with E-state index in [1.54, 1.807) is 31.4 Å².